The maximum absolute atomic E-state index is 11.6. The van der Waals surface area contributed by atoms with Crippen LogP contribution in [0.25, 0.3) is 10.8 Å². The molecule has 21 heteroatoms. The van der Waals surface area contributed by atoms with Gasteiger partial charge in [-0.3, -0.25) is 29.2 Å². The van der Waals surface area contributed by atoms with Crippen molar-refractivity contribution in [3.05, 3.63) is 140 Å². The van der Waals surface area contributed by atoms with E-state index in [1.165, 1.54) is 117 Å². The van der Waals surface area contributed by atoms with E-state index < -0.39 is 0 Å². The largest absolute Gasteiger partial charge is 0.493 e. The number of fused-ring (bicyclic) bond motifs is 1. The van der Waals surface area contributed by atoms with Crippen molar-refractivity contribution in [3.8, 4) is 11.5 Å². The van der Waals surface area contributed by atoms with Crippen LogP contribution in [-0.2, 0) is 54.2 Å². The van der Waals surface area contributed by atoms with Gasteiger partial charge in [-0.1, -0.05) is 159 Å². The lowest BCUT2D eigenvalue weighted by atomic mass is 9.91. The molecule has 4 saturated heterocycles. The SMILES string of the molecule is COc1ccc(CCOC2CCCC[C@H]2N2CCC(O)C2)cc1OC.Cl.Cl.Cl.Cl.Clc1cccc(Cl)c1CCOC1CCCC[C@H]1N1CCSC1.O=C1CCN(C2CCCC[C@@H]2OCCc2ccccc2Cl)C1.O=C1CCN([C@@H]2CCCC[C@@H]2OCCc2cccc3ccccc23)C1. The molecule has 5 aromatic rings. The van der Waals surface area contributed by atoms with E-state index in [9.17, 15) is 14.7 Å². The number of hydrogen-bond acceptors (Lipinski definition) is 14. The van der Waals surface area contributed by atoms with Crippen LogP contribution in [0.5, 0.6) is 11.5 Å². The Kier molecular flexibility index (Phi) is 38.6. The monoisotopic (exact) mass is 1510 g/mol. The zero-order valence-electron chi connectivity index (χ0n) is 57.6. The minimum absolute atomic E-state index is 0. The molecule has 8 fully saturated rings. The molecule has 0 bridgehead atoms. The average Bonchev–Trinajstić information content (AvgIpc) is 1.45. The summed E-state index contributed by atoms with van der Waals surface area (Å²) in [5.74, 6) is 4.72. The summed E-state index contributed by atoms with van der Waals surface area (Å²) in [4.78, 5) is 32.9. The summed E-state index contributed by atoms with van der Waals surface area (Å²) in [6.45, 7) is 8.98. The van der Waals surface area contributed by atoms with Gasteiger partial charge in [0.1, 0.15) is 11.6 Å². The molecular formula is C77H109Cl7N4O9S. The van der Waals surface area contributed by atoms with Gasteiger partial charge in [-0.05, 0) is 147 Å². The molecule has 4 unspecified atom stereocenters. The van der Waals surface area contributed by atoms with Crippen molar-refractivity contribution >= 4 is 119 Å². The second kappa shape index (κ2) is 44.9. The number of aliphatic hydroxyl groups is 1. The molecule has 9 atom stereocenters. The van der Waals surface area contributed by atoms with Crippen molar-refractivity contribution in [3.63, 3.8) is 0 Å². The van der Waals surface area contributed by atoms with Gasteiger partial charge in [0.05, 0.1) is 84.3 Å². The number of Topliss-reactive ketones (excluding diaryl/α,β-unsaturated/α-hetero) is 2. The van der Waals surface area contributed by atoms with Gasteiger partial charge in [0.2, 0.25) is 0 Å². The van der Waals surface area contributed by atoms with Crippen LogP contribution in [0, 0.1) is 0 Å². The third-order valence-electron chi connectivity index (χ3n) is 20.8. The van der Waals surface area contributed by atoms with Gasteiger partial charge in [0, 0.05) is 96.4 Å². The zero-order chi connectivity index (χ0) is 65.4. The number of rotatable bonds is 22. The number of ether oxygens (including phenoxy) is 6. The first-order valence-corrected chi connectivity index (χ1v) is 37.9. The Hall–Kier alpha value is -2.68. The highest BCUT2D eigenvalue weighted by Crippen LogP contribution is 2.35. The number of nitrogens with zero attached hydrogens (tertiary/aromatic N) is 4. The van der Waals surface area contributed by atoms with Crippen molar-refractivity contribution in [2.75, 3.05) is 98.1 Å². The van der Waals surface area contributed by atoms with Crippen molar-refractivity contribution < 1.29 is 43.1 Å². The van der Waals surface area contributed by atoms with Gasteiger partial charge >= 0.3 is 0 Å². The van der Waals surface area contributed by atoms with Crippen molar-refractivity contribution in [1.29, 1.82) is 0 Å². The van der Waals surface area contributed by atoms with Crippen LogP contribution in [0.2, 0.25) is 15.1 Å². The molecule has 4 saturated carbocycles. The Morgan fingerprint density at radius 2 is 0.918 bits per heavy atom. The van der Waals surface area contributed by atoms with Gasteiger partial charge in [0.15, 0.2) is 11.5 Å². The van der Waals surface area contributed by atoms with Gasteiger partial charge in [-0.15, -0.1) is 61.4 Å². The number of ketones is 2. The average molecular weight is 1510 g/mol. The Balaban J connectivity index is 0.000000204. The van der Waals surface area contributed by atoms with Crippen LogP contribution in [0.15, 0.2) is 103 Å². The van der Waals surface area contributed by atoms with E-state index in [-0.39, 0.29) is 67.9 Å². The Labute approximate surface area is 629 Å². The van der Waals surface area contributed by atoms with E-state index in [0.29, 0.717) is 87.3 Å². The quantitative estimate of drug-likeness (QED) is 0.0707. The molecule has 0 aromatic heterocycles. The van der Waals surface area contributed by atoms with E-state index in [1.807, 2.05) is 60.3 Å². The summed E-state index contributed by atoms with van der Waals surface area (Å²) in [7, 11) is 3.31. The van der Waals surface area contributed by atoms with Crippen LogP contribution < -0.4 is 9.47 Å². The van der Waals surface area contributed by atoms with E-state index in [0.717, 1.165) is 135 Å². The van der Waals surface area contributed by atoms with Crippen molar-refractivity contribution in [2.45, 2.75) is 202 Å². The van der Waals surface area contributed by atoms with Crippen LogP contribution in [0.3, 0.4) is 0 Å². The number of halogens is 7. The normalized spacial score (nSPS) is 25.2. The number of benzene rings is 5. The highest BCUT2D eigenvalue weighted by molar-refractivity contribution is 7.99. The lowest BCUT2D eigenvalue weighted by Gasteiger charge is -2.37. The highest BCUT2D eigenvalue weighted by Gasteiger charge is 2.38. The zero-order valence-corrected chi connectivity index (χ0v) is 64.0. The van der Waals surface area contributed by atoms with Crippen molar-refractivity contribution in [1.82, 2.24) is 19.6 Å². The van der Waals surface area contributed by atoms with Crippen LogP contribution in [0.1, 0.15) is 144 Å². The molecule has 98 heavy (non-hydrogen) atoms. The number of hydrogen-bond donors (Lipinski definition) is 1. The predicted molar refractivity (Wildman–Crippen MR) is 412 cm³/mol. The van der Waals surface area contributed by atoms with Gasteiger partial charge in [-0.2, -0.15) is 0 Å². The van der Waals surface area contributed by atoms with Crippen molar-refractivity contribution in [2.24, 2.45) is 0 Å². The number of β-amino-alcohol motifs (C(OH)–C–C–N with tert-alkyl or cyclic N) is 1. The molecular weight excluding hydrogens is 1410 g/mol. The molecule has 13 nitrogen and oxygen atoms in total. The summed E-state index contributed by atoms with van der Waals surface area (Å²) < 4.78 is 35.7. The molecule has 4 aliphatic heterocycles. The Bertz CT molecular complexity index is 3110. The number of carbonyl (C=O) groups excluding carboxylic acids is 2. The van der Waals surface area contributed by atoms with Gasteiger partial charge in [-0.25, -0.2) is 0 Å². The Morgan fingerprint density at radius 1 is 0.459 bits per heavy atom. The fraction of sp³-hybridized carbons (Fsp3) is 0.610. The van der Waals surface area contributed by atoms with E-state index in [2.05, 4.69) is 74.2 Å². The first-order valence-electron chi connectivity index (χ1n) is 35.6. The third-order valence-corrected chi connectivity index (χ3v) is 22.9. The maximum Gasteiger partial charge on any atom is 0.160 e. The fourth-order valence-electron chi connectivity index (χ4n) is 15.7. The number of methoxy groups -OCH3 is 2. The number of carbonyl (C=O) groups is 2. The smallest absolute Gasteiger partial charge is 0.160 e. The minimum Gasteiger partial charge on any atom is -0.493 e. The second-order valence-corrected chi connectivity index (χ2v) is 29.3. The predicted octanol–water partition coefficient (Wildman–Crippen LogP) is 16.7. The molecule has 8 aliphatic rings. The van der Waals surface area contributed by atoms with Gasteiger partial charge in [0.25, 0.3) is 0 Å². The Morgan fingerprint density at radius 3 is 1.43 bits per heavy atom. The maximum atomic E-state index is 11.6. The molecule has 546 valence electrons. The molecule has 4 heterocycles. The third kappa shape index (κ3) is 25.0. The standard InChI is InChI=1S/C22H27NO2.C20H31NO4.C18H24ClNO2.C17H23Cl2NOS.4ClH/c24-19-12-14-23(16-19)21-10-3-4-11-22(21)25-15-13-18-8-5-7-17-6-1-2-9-20(17)18;1-23-19-8-7-15(13-20(19)24-2)10-12-25-18-6-4-3-5-17(18)21-11-9-16(22)14-21;19-16-6-2-1-5-14(16)10-12-22-18-8-4-3-7-17(18)20-11-9-15(21)13-20;18-14-4-3-5-15(19)13(14)8-10-21-17-7-2-1-6-16(17)20-9-11-22-12-20;;;;/h1-2,5-9,21-22H,3-4,10-16H2;7-8,13,16-18,22H,3-6,9-12,14H2,1-2H3;1-2,5-6,17-18H,3-4,7-13H2;3-5,16-17H,1-2,6-12H2;4*1H/t21-,22+;16?,17-,18?;17?,18-;16-,17?;;;;/m1101..../s1. The summed E-state index contributed by atoms with van der Waals surface area (Å²) in [5.41, 5.74) is 4.71. The molecule has 0 amide bonds. The fourth-order valence-corrected chi connectivity index (χ4v) is 17.6. The summed E-state index contributed by atoms with van der Waals surface area (Å²) in [6, 6.07) is 36.7. The first kappa shape index (κ1) is 84.3. The number of thioether (sulfide) groups is 1. The molecule has 0 radical (unpaired) electrons. The van der Waals surface area contributed by atoms with E-state index >= 15 is 0 Å². The molecule has 5 aromatic carbocycles. The summed E-state index contributed by atoms with van der Waals surface area (Å²) >= 11 is 20.7. The number of aliphatic hydroxyl groups excluding tert-OH is 1. The van der Waals surface area contributed by atoms with E-state index in [1.54, 1.807) is 14.2 Å². The lowest BCUT2D eigenvalue weighted by molar-refractivity contribution is -0.118. The first-order chi connectivity index (χ1) is 46.0. The van der Waals surface area contributed by atoms with Crippen LogP contribution in [0.4, 0.5) is 0 Å². The van der Waals surface area contributed by atoms with E-state index in [4.69, 9.17) is 63.2 Å². The minimum atomic E-state index is -0.158. The lowest BCUT2D eigenvalue weighted by Crippen LogP contribution is -2.46. The summed E-state index contributed by atoms with van der Waals surface area (Å²) in [6.07, 6.45) is 26.3. The van der Waals surface area contributed by atoms with Crippen LogP contribution >= 0.6 is 96.2 Å². The van der Waals surface area contributed by atoms with Crippen LogP contribution in [-0.4, -0.2) is 189 Å². The molecule has 4 aliphatic carbocycles. The highest BCUT2D eigenvalue weighted by atomic mass is 35.5. The number of likely N-dealkylation sites (tertiary alicyclic amines) is 3. The van der Waals surface area contributed by atoms with Gasteiger partial charge < -0.3 is 33.5 Å². The molecule has 0 spiro atoms. The molecule has 13 rings (SSSR count). The summed E-state index contributed by atoms with van der Waals surface area (Å²) in [5, 5.41) is 14.8. The second-order valence-electron chi connectivity index (χ2n) is 27.0. The molecule has 1 N–H and O–H groups in total. The topological polar surface area (TPSA) is 123 Å².